The Morgan fingerprint density at radius 1 is 1.29 bits per heavy atom. The van der Waals surface area contributed by atoms with Crippen LogP contribution in [0.25, 0.3) is 0 Å². The summed E-state index contributed by atoms with van der Waals surface area (Å²) in [5.74, 6) is -1.25. The molecular weight excluding hydrogens is 451 g/mol. The summed E-state index contributed by atoms with van der Waals surface area (Å²) in [6, 6.07) is 8.27. The number of amides is 1. The third kappa shape index (κ3) is 4.24. The first-order valence-electron chi connectivity index (χ1n) is 5.89. The van der Waals surface area contributed by atoms with Gasteiger partial charge in [-0.2, -0.15) is 0 Å². The van der Waals surface area contributed by atoms with Gasteiger partial charge in [0.25, 0.3) is 5.91 Å². The predicted molar refractivity (Wildman–Crippen MR) is 89.2 cm³/mol. The zero-order valence-electron chi connectivity index (χ0n) is 10.6. The second-order valence-corrected chi connectivity index (χ2v) is 6.23. The molecule has 1 amide bonds. The highest BCUT2D eigenvalue weighted by atomic mass is 127. The van der Waals surface area contributed by atoms with Crippen molar-refractivity contribution in [1.82, 2.24) is 10.3 Å². The van der Waals surface area contributed by atoms with E-state index in [1.54, 1.807) is 6.07 Å². The molecular formula is C14H10BrIN2O3. The normalized spacial score (nSPS) is 10.2. The fraction of sp³-hybridized carbons (Fsp3) is 0.0714. The lowest BCUT2D eigenvalue weighted by Gasteiger charge is -2.07. The third-order valence-corrected chi connectivity index (χ3v) is 4.10. The predicted octanol–water partition coefficient (Wildman–Crippen LogP) is 3.08. The number of rotatable bonds is 4. The number of aromatic carboxylic acids is 1. The second-order valence-electron chi connectivity index (χ2n) is 4.15. The third-order valence-electron chi connectivity index (χ3n) is 2.67. The van der Waals surface area contributed by atoms with Crippen LogP contribution in [-0.2, 0) is 6.54 Å². The van der Waals surface area contributed by atoms with Crippen LogP contribution in [0.5, 0.6) is 0 Å². The van der Waals surface area contributed by atoms with Gasteiger partial charge in [0.1, 0.15) is 0 Å². The van der Waals surface area contributed by atoms with E-state index in [0.29, 0.717) is 11.3 Å². The Bertz CT molecular complexity index is 706. The highest BCUT2D eigenvalue weighted by Crippen LogP contribution is 2.18. The van der Waals surface area contributed by atoms with Crippen LogP contribution >= 0.6 is 38.5 Å². The number of carbonyl (C=O) groups excluding carboxylic acids is 1. The number of hydrogen-bond acceptors (Lipinski definition) is 3. The molecule has 2 rings (SSSR count). The van der Waals surface area contributed by atoms with Crippen molar-refractivity contribution in [1.29, 1.82) is 0 Å². The summed E-state index contributed by atoms with van der Waals surface area (Å²) in [6.45, 7) is 0.169. The number of hydrogen-bond donors (Lipinski definition) is 2. The maximum atomic E-state index is 12.1. The number of aromatic nitrogens is 1. The molecule has 2 N–H and O–H groups in total. The fourth-order valence-electron chi connectivity index (χ4n) is 1.65. The molecule has 0 aliphatic carbocycles. The fourth-order valence-corrected chi connectivity index (χ4v) is 2.59. The average Bonchev–Trinajstić information content (AvgIpc) is 2.47. The van der Waals surface area contributed by atoms with Crippen molar-refractivity contribution in [3.8, 4) is 0 Å². The van der Waals surface area contributed by atoms with Gasteiger partial charge >= 0.3 is 5.97 Å². The summed E-state index contributed by atoms with van der Waals surface area (Å²) >= 11 is 5.41. The van der Waals surface area contributed by atoms with E-state index in [1.165, 1.54) is 18.3 Å². The molecule has 0 aliphatic rings. The molecule has 7 heteroatoms. The van der Waals surface area contributed by atoms with Crippen LogP contribution < -0.4 is 5.32 Å². The van der Waals surface area contributed by atoms with Gasteiger partial charge in [-0.15, -0.1) is 0 Å². The zero-order valence-corrected chi connectivity index (χ0v) is 14.4. The van der Waals surface area contributed by atoms with Crippen LogP contribution in [0.4, 0.5) is 0 Å². The van der Waals surface area contributed by atoms with Crippen molar-refractivity contribution in [2.45, 2.75) is 6.54 Å². The minimum absolute atomic E-state index is 0.145. The average molecular weight is 461 g/mol. The zero-order chi connectivity index (χ0) is 15.4. The Hall–Kier alpha value is -1.48. The largest absolute Gasteiger partial charge is 0.478 e. The maximum Gasteiger partial charge on any atom is 0.335 e. The van der Waals surface area contributed by atoms with Gasteiger partial charge in [0.2, 0.25) is 0 Å². The number of carboxylic acids is 1. The van der Waals surface area contributed by atoms with Crippen LogP contribution in [0, 0.1) is 3.57 Å². The molecule has 0 atom stereocenters. The second kappa shape index (κ2) is 6.99. The summed E-state index contributed by atoms with van der Waals surface area (Å²) < 4.78 is 1.65. The van der Waals surface area contributed by atoms with E-state index in [-0.39, 0.29) is 18.0 Å². The highest BCUT2D eigenvalue weighted by molar-refractivity contribution is 14.1. The Morgan fingerprint density at radius 3 is 2.76 bits per heavy atom. The van der Waals surface area contributed by atoms with E-state index in [4.69, 9.17) is 5.11 Å². The van der Waals surface area contributed by atoms with Crippen LogP contribution in [0.15, 0.2) is 41.0 Å². The van der Waals surface area contributed by atoms with E-state index >= 15 is 0 Å². The Kier molecular flexibility index (Phi) is 5.29. The van der Waals surface area contributed by atoms with Gasteiger partial charge in [-0.25, -0.2) is 4.79 Å². The Balaban J connectivity index is 2.09. The lowest BCUT2D eigenvalue weighted by atomic mass is 10.2. The van der Waals surface area contributed by atoms with Gasteiger partial charge in [0.05, 0.1) is 23.4 Å². The number of benzene rings is 1. The molecule has 0 bridgehead atoms. The molecule has 2 aromatic rings. The van der Waals surface area contributed by atoms with E-state index < -0.39 is 5.97 Å². The molecule has 0 saturated carbocycles. The van der Waals surface area contributed by atoms with Crippen LogP contribution in [0.1, 0.15) is 26.4 Å². The van der Waals surface area contributed by atoms with Crippen molar-refractivity contribution in [3.05, 3.63) is 61.4 Å². The summed E-state index contributed by atoms with van der Waals surface area (Å²) in [5, 5.41) is 11.6. The summed E-state index contributed by atoms with van der Waals surface area (Å²) in [6.07, 6.45) is 1.41. The van der Waals surface area contributed by atoms with Crippen molar-refractivity contribution in [2.24, 2.45) is 0 Å². The number of nitrogens with one attached hydrogen (secondary N) is 1. The van der Waals surface area contributed by atoms with Crippen molar-refractivity contribution in [3.63, 3.8) is 0 Å². The molecule has 0 aliphatic heterocycles. The van der Waals surface area contributed by atoms with Crippen molar-refractivity contribution < 1.29 is 14.7 Å². The first-order chi connectivity index (χ1) is 9.97. The first-order valence-corrected chi connectivity index (χ1v) is 7.76. The molecule has 1 aromatic carbocycles. The summed E-state index contributed by atoms with van der Waals surface area (Å²) in [7, 11) is 0. The number of nitrogens with zero attached hydrogens (tertiary/aromatic N) is 1. The molecule has 21 heavy (non-hydrogen) atoms. The van der Waals surface area contributed by atoms with Gasteiger partial charge in [-0.3, -0.25) is 9.78 Å². The van der Waals surface area contributed by atoms with Gasteiger partial charge < -0.3 is 10.4 Å². The van der Waals surface area contributed by atoms with Gasteiger partial charge in [0.15, 0.2) is 0 Å². The van der Waals surface area contributed by atoms with E-state index in [9.17, 15) is 9.59 Å². The van der Waals surface area contributed by atoms with Gasteiger partial charge in [0, 0.05) is 14.2 Å². The molecule has 0 spiro atoms. The lowest BCUT2D eigenvalue weighted by molar-refractivity contribution is 0.0696. The van der Waals surface area contributed by atoms with E-state index in [0.717, 1.165) is 8.04 Å². The molecule has 1 heterocycles. The van der Waals surface area contributed by atoms with E-state index in [2.05, 4.69) is 48.8 Å². The lowest BCUT2D eigenvalue weighted by Crippen LogP contribution is -2.24. The molecule has 1 aromatic heterocycles. The van der Waals surface area contributed by atoms with Crippen LogP contribution in [-0.4, -0.2) is 22.0 Å². The van der Waals surface area contributed by atoms with Gasteiger partial charge in [-0.05, 0) is 52.9 Å². The minimum Gasteiger partial charge on any atom is -0.478 e. The number of pyridine rings is 1. The monoisotopic (exact) mass is 460 g/mol. The number of carboxylic acid groups (broad SMARTS) is 1. The molecule has 0 fully saturated rings. The Labute approximate surface area is 143 Å². The molecule has 0 radical (unpaired) electrons. The van der Waals surface area contributed by atoms with Crippen molar-refractivity contribution >= 4 is 50.4 Å². The van der Waals surface area contributed by atoms with Crippen molar-refractivity contribution in [2.75, 3.05) is 0 Å². The smallest absolute Gasteiger partial charge is 0.335 e. The number of carbonyl (C=O) groups is 2. The summed E-state index contributed by atoms with van der Waals surface area (Å²) in [5.41, 5.74) is 1.19. The highest BCUT2D eigenvalue weighted by Gasteiger charge is 2.11. The quantitative estimate of drug-likeness (QED) is 0.687. The van der Waals surface area contributed by atoms with Crippen LogP contribution in [0.3, 0.4) is 0 Å². The SMILES string of the molecule is O=C(O)c1ccnc(CNC(=O)c2cc(Br)ccc2I)c1. The summed E-state index contributed by atoms with van der Waals surface area (Å²) in [4.78, 5) is 27.0. The first kappa shape index (κ1) is 15.9. The number of halogens is 2. The standard InChI is InChI=1S/C14H10BrIN2O3/c15-9-1-2-12(16)11(6-9)13(19)18-7-10-5-8(14(20)21)3-4-17-10/h1-6H,7H2,(H,18,19)(H,20,21). The minimum atomic E-state index is -1.02. The van der Waals surface area contributed by atoms with E-state index in [1.807, 2.05) is 12.1 Å². The molecule has 0 saturated heterocycles. The molecule has 0 unspecified atom stereocenters. The molecule has 5 nitrogen and oxygen atoms in total. The topological polar surface area (TPSA) is 79.3 Å². The molecule has 108 valence electrons. The van der Waals surface area contributed by atoms with Gasteiger partial charge in [-0.1, -0.05) is 15.9 Å². The van der Waals surface area contributed by atoms with Crippen LogP contribution in [0.2, 0.25) is 0 Å². The Morgan fingerprint density at radius 2 is 2.05 bits per heavy atom. The maximum absolute atomic E-state index is 12.1.